The lowest BCUT2D eigenvalue weighted by Gasteiger charge is -2.23. The molecule has 21 heavy (non-hydrogen) atoms. The number of carbonyl (C=O) groups is 2. The number of carboxylic acid groups (broad SMARTS) is 1. The molecule has 7 nitrogen and oxygen atoms in total. The zero-order chi connectivity index (χ0) is 16.7. The molecular weight excluding hydrogens is 298 g/mol. The number of sulfonamides is 1. The average molecular weight is 323 g/mol. The van der Waals surface area contributed by atoms with Crippen LogP contribution in [0.1, 0.15) is 40.5 Å². The van der Waals surface area contributed by atoms with Crippen LogP contribution in [0.15, 0.2) is 0 Å². The Kier molecular flexibility index (Phi) is 7.87. The highest BCUT2D eigenvalue weighted by atomic mass is 32.2. The molecule has 1 atom stereocenters. The number of carboxylic acids is 1. The van der Waals surface area contributed by atoms with Gasteiger partial charge in [-0.1, -0.05) is 20.8 Å². The third-order valence-electron chi connectivity index (χ3n) is 2.64. The van der Waals surface area contributed by atoms with Crippen molar-refractivity contribution >= 4 is 22.0 Å². The van der Waals surface area contributed by atoms with Crippen LogP contribution in [0.4, 0.5) is 0 Å². The Morgan fingerprint density at radius 2 is 1.86 bits per heavy atom. The molecule has 8 heteroatoms. The molecule has 124 valence electrons. The second kappa shape index (κ2) is 8.33. The molecule has 0 saturated carbocycles. The first kappa shape index (κ1) is 19.9. The largest absolute Gasteiger partial charge is 0.481 e. The molecule has 0 aromatic rings. The monoisotopic (exact) mass is 323 g/mol. The molecular formula is C13H25NO6S. The third kappa shape index (κ3) is 10.3. The fraction of sp³-hybridized carbons (Fsp3) is 0.846. The van der Waals surface area contributed by atoms with Crippen LogP contribution in [0.2, 0.25) is 0 Å². The topological polar surface area (TPSA) is 110 Å². The van der Waals surface area contributed by atoms with Crippen molar-refractivity contribution in [2.75, 3.05) is 18.9 Å². The molecule has 0 amide bonds. The minimum Gasteiger partial charge on any atom is -0.481 e. The van der Waals surface area contributed by atoms with Gasteiger partial charge >= 0.3 is 11.9 Å². The van der Waals surface area contributed by atoms with E-state index >= 15 is 0 Å². The zero-order valence-corrected chi connectivity index (χ0v) is 13.8. The molecule has 0 spiro atoms. The van der Waals surface area contributed by atoms with Gasteiger partial charge in [0.2, 0.25) is 10.0 Å². The molecule has 0 aliphatic rings. The van der Waals surface area contributed by atoms with Crippen molar-refractivity contribution in [3.63, 3.8) is 0 Å². The second-order valence-corrected chi connectivity index (χ2v) is 7.95. The fourth-order valence-corrected chi connectivity index (χ4v) is 2.77. The molecule has 0 fully saturated rings. The van der Waals surface area contributed by atoms with Gasteiger partial charge in [0, 0.05) is 6.54 Å². The normalized spacial score (nSPS) is 13.7. The van der Waals surface area contributed by atoms with Crippen LogP contribution >= 0.6 is 0 Å². The highest BCUT2D eigenvalue weighted by molar-refractivity contribution is 7.89. The van der Waals surface area contributed by atoms with Gasteiger partial charge < -0.3 is 9.84 Å². The van der Waals surface area contributed by atoms with Gasteiger partial charge in [0.25, 0.3) is 0 Å². The van der Waals surface area contributed by atoms with E-state index in [1.807, 2.05) is 20.8 Å². The van der Waals surface area contributed by atoms with E-state index in [0.29, 0.717) is 6.42 Å². The Labute approximate surface area is 126 Å². The van der Waals surface area contributed by atoms with Crippen LogP contribution < -0.4 is 4.72 Å². The van der Waals surface area contributed by atoms with Crippen LogP contribution in [-0.4, -0.2) is 44.4 Å². The first-order chi connectivity index (χ1) is 9.47. The van der Waals surface area contributed by atoms with Crippen LogP contribution in [0, 0.1) is 11.3 Å². The summed E-state index contributed by atoms with van der Waals surface area (Å²) < 4.78 is 30.3. The summed E-state index contributed by atoms with van der Waals surface area (Å²) in [6.07, 6.45) is 0.100. The van der Waals surface area contributed by atoms with E-state index in [0.717, 1.165) is 0 Å². The highest BCUT2D eigenvalue weighted by Crippen LogP contribution is 2.24. The van der Waals surface area contributed by atoms with Crippen molar-refractivity contribution in [1.29, 1.82) is 0 Å². The number of esters is 1. The molecule has 0 aliphatic heterocycles. The van der Waals surface area contributed by atoms with Crippen molar-refractivity contribution in [3.05, 3.63) is 0 Å². The van der Waals surface area contributed by atoms with Crippen LogP contribution in [0.25, 0.3) is 0 Å². The number of rotatable bonds is 9. The van der Waals surface area contributed by atoms with E-state index < -0.39 is 33.6 Å². The van der Waals surface area contributed by atoms with E-state index in [1.54, 1.807) is 6.92 Å². The van der Waals surface area contributed by atoms with Gasteiger partial charge in [-0.05, 0) is 18.8 Å². The Morgan fingerprint density at radius 1 is 1.29 bits per heavy atom. The third-order valence-corrected chi connectivity index (χ3v) is 3.99. The predicted octanol–water partition coefficient (Wildman–Crippen LogP) is 0.996. The Morgan fingerprint density at radius 3 is 2.29 bits per heavy atom. The molecule has 0 bridgehead atoms. The second-order valence-electron chi connectivity index (χ2n) is 6.02. The molecule has 0 saturated heterocycles. The summed E-state index contributed by atoms with van der Waals surface area (Å²) in [7, 11) is -3.69. The van der Waals surface area contributed by atoms with E-state index in [2.05, 4.69) is 9.46 Å². The van der Waals surface area contributed by atoms with E-state index in [4.69, 9.17) is 5.11 Å². The van der Waals surface area contributed by atoms with Gasteiger partial charge in [-0.25, -0.2) is 13.1 Å². The zero-order valence-electron chi connectivity index (χ0n) is 13.0. The molecule has 0 aliphatic carbocycles. The number of hydrogen-bond acceptors (Lipinski definition) is 5. The lowest BCUT2D eigenvalue weighted by atomic mass is 9.85. The molecule has 0 rings (SSSR count). The maximum Gasteiger partial charge on any atom is 0.307 e. The van der Waals surface area contributed by atoms with Crippen molar-refractivity contribution in [1.82, 2.24) is 4.72 Å². The summed E-state index contributed by atoms with van der Waals surface area (Å²) in [4.78, 5) is 22.3. The summed E-state index contributed by atoms with van der Waals surface area (Å²) in [5.74, 6) is -2.85. The lowest BCUT2D eigenvalue weighted by Crippen LogP contribution is -2.36. The van der Waals surface area contributed by atoms with Gasteiger partial charge in [-0.2, -0.15) is 0 Å². The van der Waals surface area contributed by atoms with Crippen molar-refractivity contribution in [2.45, 2.75) is 40.5 Å². The van der Waals surface area contributed by atoms with Crippen molar-refractivity contribution < 1.29 is 27.9 Å². The maximum atomic E-state index is 11.7. The highest BCUT2D eigenvalue weighted by Gasteiger charge is 2.26. The first-order valence-electron chi connectivity index (χ1n) is 6.82. The maximum absolute atomic E-state index is 11.7. The molecule has 0 heterocycles. The van der Waals surface area contributed by atoms with Gasteiger partial charge in [0.15, 0.2) is 0 Å². The number of aliphatic carboxylic acids is 1. The van der Waals surface area contributed by atoms with Crippen LogP contribution in [0.5, 0.6) is 0 Å². The molecule has 0 radical (unpaired) electrons. The van der Waals surface area contributed by atoms with Gasteiger partial charge in [0.05, 0.1) is 24.7 Å². The Bertz CT molecular complexity index is 452. The first-order valence-corrected chi connectivity index (χ1v) is 8.48. The van der Waals surface area contributed by atoms with Gasteiger partial charge in [-0.3, -0.25) is 9.59 Å². The van der Waals surface area contributed by atoms with Gasteiger partial charge in [-0.15, -0.1) is 0 Å². The van der Waals surface area contributed by atoms with Crippen molar-refractivity contribution in [2.24, 2.45) is 11.3 Å². The Hall–Kier alpha value is -1.15. The number of nitrogens with one attached hydrogen (secondary N) is 1. The summed E-state index contributed by atoms with van der Waals surface area (Å²) in [6, 6.07) is 0. The molecule has 0 aromatic carbocycles. The summed E-state index contributed by atoms with van der Waals surface area (Å²) >= 11 is 0. The number of ether oxygens (including phenoxy) is 1. The minimum atomic E-state index is -3.69. The fourth-order valence-electron chi connectivity index (χ4n) is 1.74. The summed E-state index contributed by atoms with van der Waals surface area (Å²) in [5, 5.41) is 9.11. The van der Waals surface area contributed by atoms with Crippen molar-refractivity contribution in [3.8, 4) is 0 Å². The average Bonchev–Trinajstić information content (AvgIpc) is 2.31. The van der Waals surface area contributed by atoms with Crippen LogP contribution in [0.3, 0.4) is 0 Å². The van der Waals surface area contributed by atoms with Gasteiger partial charge in [0.1, 0.15) is 0 Å². The minimum absolute atomic E-state index is 0.183. The van der Waals surface area contributed by atoms with E-state index in [1.165, 1.54) is 0 Å². The Balaban J connectivity index is 4.44. The van der Waals surface area contributed by atoms with E-state index in [-0.39, 0.29) is 25.0 Å². The van der Waals surface area contributed by atoms with Crippen LogP contribution in [-0.2, 0) is 24.3 Å². The summed E-state index contributed by atoms with van der Waals surface area (Å²) in [5.41, 5.74) is -0.223. The predicted molar refractivity (Wildman–Crippen MR) is 78.2 cm³/mol. The summed E-state index contributed by atoms with van der Waals surface area (Å²) in [6.45, 7) is 7.31. The standard InChI is InChI=1S/C13H25NO6S/c1-5-20-11(15)6-7-21(18,19)14-9-10(12(16)17)8-13(2,3)4/h10,14H,5-9H2,1-4H3,(H,16,17). The number of hydrogen-bond donors (Lipinski definition) is 2. The number of carbonyl (C=O) groups excluding carboxylic acids is 1. The smallest absolute Gasteiger partial charge is 0.307 e. The molecule has 0 aromatic heterocycles. The molecule has 1 unspecified atom stereocenters. The lowest BCUT2D eigenvalue weighted by molar-refractivity contribution is -0.143. The van der Waals surface area contributed by atoms with E-state index in [9.17, 15) is 18.0 Å². The SMILES string of the molecule is CCOC(=O)CCS(=O)(=O)NCC(CC(C)(C)C)C(=O)O. The quantitative estimate of drug-likeness (QED) is 0.612. The molecule has 2 N–H and O–H groups in total.